The number of H-pyrrole nitrogens is 1. The summed E-state index contributed by atoms with van der Waals surface area (Å²) in [6, 6.07) is 5.49. The maximum absolute atomic E-state index is 15.0. The van der Waals surface area contributed by atoms with Gasteiger partial charge in [0.25, 0.3) is 11.8 Å². The van der Waals surface area contributed by atoms with Gasteiger partial charge in [0, 0.05) is 56.4 Å². The third-order valence-corrected chi connectivity index (χ3v) is 10.1. The van der Waals surface area contributed by atoms with Crippen LogP contribution in [0.1, 0.15) is 103 Å². The van der Waals surface area contributed by atoms with Crippen LogP contribution in [0.25, 0.3) is 11.1 Å². The Labute approximate surface area is 295 Å². The van der Waals surface area contributed by atoms with Crippen LogP contribution in [0.3, 0.4) is 0 Å². The molecule has 2 aliphatic heterocycles. The van der Waals surface area contributed by atoms with Crippen LogP contribution in [0.4, 0.5) is 14.5 Å². The Morgan fingerprint density at radius 1 is 1.10 bits per heavy atom. The average molecular weight is 692 g/mol. The number of anilines is 1. The Kier molecular flexibility index (Phi) is 13.2. The zero-order chi connectivity index (χ0) is 36.6. The van der Waals surface area contributed by atoms with Crippen LogP contribution in [0.15, 0.2) is 61.1 Å². The molecule has 10 heteroatoms. The first-order valence-corrected chi connectivity index (χ1v) is 18.3. The highest BCUT2D eigenvalue weighted by Gasteiger charge is 2.39. The van der Waals surface area contributed by atoms with Gasteiger partial charge in [-0.1, -0.05) is 72.3 Å². The topological polar surface area (TPSA) is 92.8 Å². The number of benzene rings is 1. The third-order valence-electron chi connectivity index (χ3n) is 10.1. The number of carbonyl (C=O) groups excluding carboxylic acids is 2. The first-order chi connectivity index (χ1) is 24.0. The molecule has 2 amide bonds. The van der Waals surface area contributed by atoms with E-state index in [0.29, 0.717) is 62.4 Å². The molecule has 1 aromatic heterocycles. The number of aromatic nitrogens is 2. The number of hydrogen-bond donors (Lipinski definition) is 2. The lowest BCUT2D eigenvalue weighted by molar-refractivity contribution is -0.131. The highest BCUT2D eigenvalue weighted by molar-refractivity contribution is 6.13. The number of aromatic amines is 1. The second kappa shape index (κ2) is 17.1. The predicted molar refractivity (Wildman–Crippen MR) is 197 cm³/mol. The molecule has 1 saturated carbocycles. The maximum Gasteiger partial charge on any atom is 0.275 e. The fourth-order valence-corrected chi connectivity index (χ4v) is 7.22. The number of phenolic OH excluding ortho intramolecular Hbond substituents is 1. The molecule has 8 nitrogen and oxygen atoms in total. The number of imidazole rings is 1. The SMILES string of the molecule is C=CC(=O)N1CCCC2=C(N(C)c3ccc(C4CCC4)cc3O)CCN(C(=O)/C(CCC)=c3\[nH]cn\c3=C(\C=C)C(F)(F)CC)C2C1.CCC. The van der Waals surface area contributed by atoms with Crippen LogP contribution in [0, 0.1) is 0 Å². The van der Waals surface area contributed by atoms with E-state index >= 15 is 8.78 Å². The minimum absolute atomic E-state index is 0.0296. The number of likely N-dealkylation sites (tertiary alicyclic amines) is 1. The third kappa shape index (κ3) is 8.05. The zero-order valence-corrected chi connectivity index (χ0v) is 30.5. The van der Waals surface area contributed by atoms with E-state index in [1.807, 2.05) is 31.0 Å². The molecule has 2 fully saturated rings. The molecule has 0 bridgehead atoms. The van der Waals surface area contributed by atoms with Crippen molar-refractivity contribution >= 4 is 28.6 Å². The molecule has 3 heterocycles. The Balaban J connectivity index is 0.00000181. The van der Waals surface area contributed by atoms with Crippen LogP contribution in [-0.2, 0) is 9.59 Å². The van der Waals surface area contributed by atoms with Gasteiger partial charge in [0.15, 0.2) is 0 Å². The Bertz CT molecular complexity index is 1710. The molecule has 5 rings (SSSR count). The standard InChI is InChI=1S/C37H47F2N5O3.C3H8/c1-6-12-27(34-35(41-23-40-34)28(7-2)37(38,39)9-4)36(47)44-20-18-29(26-15-11-19-43(22-31(26)44)33(46)8-3)42(5)30-17-16-25(21-32(30)45)24-13-10-14-24;1-3-2/h7-8,16-17,21,23-24,31,45H,2-3,6,9-15,18-20,22H2,1,4-5H3,(H,40,41);3H2,1-2H3/b34-27-,35-28-;. The Hall–Kier alpha value is -4.21. The Morgan fingerprint density at radius 3 is 2.40 bits per heavy atom. The van der Waals surface area contributed by atoms with E-state index in [2.05, 4.69) is 43.0 Å². The highest BCUT2D eigenvalue weighted by atomic mass is 19.3. The van der Waals surface area contributed by atoms with Crippen molar-refractivity contribution in [1.82, 2.24) is 19.8 Å². The number of nitrogens with zero attached hydrogens (tertiary/aromatic N) is 4. The number of phenols is 1. The van der Waals surface area contributed by atoms with Gasteiger partial charge in [0.05, 0.1) is 28.8 Å². The summed E-state index contributed by atoms with van der Waals surface area (Å²) in [5.74, 6) is -2.93. The van der Waals surface area contributed by atoms with Gasteiger partial charge in [-0.05, 0) is 67.4 Å². The fourth-order valence-electron chi connectivity index (χ4n) is 7.22. The fraction of sp³-hybridized carbons (Fsp3) is 0.525. The van der Waals surface area contributed by atoms with Crippen molar-refractivity contribution in [3.05, 3.63) is 77.4 Å². The molecule has 1 saturated heterocycles. The number of alkyl halides is 2. The molecule has 50 heavy (non-hydrogen) atoms. The summed E-state index contributed by atoms with van der Waals surface area (Å²) in [7, 11) is 1.94. The lowest BCUT2D eigenvalue weighted by Crippen LogP contribution is -2.53. The molecule has 1 unspecified atom stereocenters. The molecule has 1 aromatic carbocycles. The molecule has 2 N–H and O–H groups in total. The second-order valence-electron chi connectivity index (χ2n) is 13.5. The van der Waals surface area contributed by atoms with Gasteiger partial charge in [0.1, 0.15) is 5.75 Å². The zero-order valence-electron chi connectivity index (χ0n) is 30.5. The molecule has 2 aromatic rings. The maximum atomic E-state index is 15.0. The van der Waals surface area contributed by atoms with Crippen LogP contribution < -0.4 is 15.6 Å². The number of amides is 2. The first-order valence-electron chi connectivity index (χ1n) is 18.3. The number of rotatable bonds is 10. The van der Waals surface area contributed by atoms with E-state index < -0.39 is 18.4 Å². The average Bonchev–Trinajstić information content (AvgIpc) is 3.42. The summed E-state index contributed by atoms with van der Waals surface area (Å²) in [4.78, 5) is 40.3. The van der Waals surface area contributed by atoms with E-state index in [0.717, 1.165) is 35.8 Å². The smallest absolute Gasteiger partial charge is 0.275 e. The number of aromatic hydroxyl groups is 1. The Morgan fingerprint density at radius 2 is 1.82 bits per heavy atom. The van der Waals surface area contributed by atoms with Gasteiger partial charge in [-0.2, -0.15) is 0 Å². The number of nitrogens with one attached hydrogen (secondary N) is 1. The molecule has 3 aliphatic rings. The molecule has 0 spiro atoms. The summed E-state index contributed by atoms with van der Waals surface area (Å²) in [5, 5.41) is 11.4. The predicted octanol–water partition coefficient (Wildman–Crippen LogP) is 6.93. The van der Waals surface area contributed by atoms with Crippen LogP contribution in [0.2, 0.25) is 0 Å². The van der Waals surface area contributed by atoms with E-state index in [9.17, 15) is 14.7 Å². The molecule has 272 valence electrons. The number of halogens is 2. The minimum atomic E-state index is -3.17. The van der Waals surface area contributed by atoms with E-state index in [-0.39, 0.29) is 40.4 Å². The number of fused-ring (bicyclic) bond motifs is 1. The van der Waals surface area contributed by atoms with Crippen molar-refractivity contribution in [1.29, 1.82) is 0 Å². The van der Waals surface area contributed by atoms with Gasteiger partial charge >= 0.3 is 0 Å². The lowest BCUT2D eigenvalue weighted by atomic mass is 9.80. The van der Waals surface area contributed by atoms with Gasteiger partial charge in [-0.3, -0.25) is 9.59 Å². The molecular formula is C40H55F2N5O3. The van der Waals surface area contributed by atoms with Crippen molar-refractivity contribution in [2.45, 2.75) is 110 Å². The van der Waals surface area contributed by atoms with Crippen LogP contribution in [-0.4, -0.2) is 75.3 Å². The van der Waals surface area contributed by atoms with Crippen molar-refractivity contribution in [3.63, 3.8) is 0 Å². The monoisotopic (exact) mass is 691 g/mol. The summed E-state index contributed by atoms with van der Waals surface area (Å²) in [6.07, 6.45) is 10.9. The van der Waals surface area contributed by atoms with Crippen LogP contribution in [0.5, 0.6) is 5.75 Å². The van der Waals surface area contributed by atoms with Crippen molar-refractivity contribution in [3.8, 4) is 5.75 Å². The van der Waals surface area contributed by atoms with Crippen molar-refractivity contribution in [2.75, 3.05) is 31.6 Å². The molecule has 0 radical (unpaired) electrons. The summed E-state index contributed by atoms with van der Waals surface area (Å²) >= 11 is 0. The highest BCUT2D eigenvalue weighted by Crippen LogP contribution is 2.42. The van der Waals surface area contributed by atoms with Crippen molar-refractivity contribution in [2.24, 2.45) is 0 Å². The summed E-state index contributed by atoms with van der Waals surface area (Å²) < 4.78 is 30.0. The largest absolute Gasteiger partial charge is 0.506 e. The lowest BCUT2D eigenvalue weighted by Gasteiger charge is -2.42. The van der Waals surface area contributed by atoms with Gasteiger partial charge < -0.3 is 24.8 Å². The quantitative estimate of drug-likeness (QED) is 0.264. The second-order valence-corrected chi connectivity index (χ2v) is 13.5. The van der Waals surface area contributed by atoms with Crippen LogP contribution >= 0.6 is 0 Å². The first kappa shape index (κ1) is 38.6. The van der Waals surface area contributed by atoms with E-state index in [1.165, 1.54) is 32.2 Å². The summed E-state index contributed by atoms with van der Waals surface area (Å²) in [6.45, 7) is 16.1. The van der Waals surface area contributed by atoms with Gasteiger partial charge in [0.2, 0.25) is 5.91 Å². The van der Waals surface area contributed by atoms with E-state index in [1.54, 1.807) is 9.80 Å². The molecule has 1 aliphatic carbocycles. The van der Waals surface area contributed by atoms with Gasteiger partial charge in [-0.25, -0.2) is 13.8 Å². The summed E-state index contributed by atoms with van der Waals surface area (Å²) in [5.41, 5.74) is 3.95. The van der Waals surface area contributed by atoms with E-state index in [4.69, 9.17) is 0 Å². The van der Waals surface area contributed by atoms with Crippen molar-refractivity contribution < 1.29 is 23.5 Å². The normalized spacial score (nSPS) is 19.3. The number of carbonyl (C=O) groups is 2. The molecule has 1 atom stereocenters. The number of allylic oxidation sites excluding steroid dienone is 1. The number of hydrogen-bond acceptors (Lipinski definition) is 5. The van der Waals surface area contributed by atoms with Gasteiger partial charge in [-0.15, -0.1) is 0 Å². The molecular weight excluding hydrogens is 636 g/mol. The minimum Gasteiger partial charge on any atom is -0.506 e.